The highest BCUT2D eigenvalue weighted by atomic mass is 79.9. The van der Waals surface area contributed by atoms with E-state index in [1.807, 2.05) is 0 Å². The minimum Gasteiger partial charge on any atom is -0.465 e. The van der Waals surface area contributed by atoms with Gasteiger partial charge in [-0.05, 0) is 22.0 Å². The zero-order valence-corrected chi connectivity index (χ0v) is 8.72. The molecule has 0 radical (unpaired) electrons. The van der Waals surface area contributed by atoms with E-state index in [9.17, 15) is 13.6 Å². The van der Waals surface area contributed by atoms with E-state index in [1.165, 1.54) is 13.3 Å². The van der Waals surface area contributed by atoms with Crippen LogP contribution < -0.4 is 0 Å². The van der Waals surface area contributed by atoms with Gasteiger partial charge < -0.3 is 4.74 Å². The maximum absolute atomic E-state index is 12.4. The van der Waals surface area contributed by atoms with E-state index in [-0.39, 0.29) is 15.7 Å². The molecule has 0 unspecified atom stereocenters. The highest BCUT2D eigenvalue weighted by Gasteiger charge is 2.16. The molecule has 0 saturated heterocycles. The summed E-state index contributed by atoms with van der Waals surface area (Å²) in [6.45, 7) is 0. The molecule has 0 N–H and O–H groups in total. The topological polar surface area (TPSA) is 39.2 Å². The number of halogens is 3. The van der Waals surface area contributed by atoms with Gasteiger partial charge in [0.15, 0.2) is 0 Å². The van der Waals surface area contributed by atoms with Gasteiger partial charge in [-0.1, -0.05) is 0 Å². The molecule has 0 atom stereocenters. The van der Waals surface area contributed by atoms with E-state index in [0.717, 1.165) is 6.07 Å². The Hall–Kier alpha value is -1.04. The van der Waals surface area contributed by atoms with Crippen molar-refractivity contribution in [3.8, 4) is 0 Å². The second kappa shape index (κ2) is 4.45. The number of alkyl halides is 2. The van der Waals surface area contributed by atoms with Gasteiger partial charge in [-0.25, -0.2) is 18.6 Å². The van der Waals surface area contributed by atoms with Crippen LogP contribution in [0, 0.1) is 0 Å². The Labute approximate surface area is 87.2 Å². The Morgan fingerprint density at radius 1 is 1.64 bits per heavy atom. The van der Waals surface area contributed by atoms with Crippen LogP contribution in [0.5, 0.6) is 0 Å². The molecule has 1 rings (SSSR count). The molecule has 1 aromatic heterocycles. The summed E-state index contributed by atoms with van der Waals surface area (Å²) in [6.07, 6.45) is -1.51. The summed E-state index contributed by atoms with van der Waals surface area (Å²) < 4.78 is 29.1. The first kappa shape index (κ1) is 11.0. The highest BCUT2D eigenvalue weighted by molar-refractivity contribution is 9.10. The van der Waals surface area contributed by atoms with Gasteiger partial charge in [-0.15, -0.1) is 0 Å². The van der Waals surface area contributed by atoms with E-state index in [0.29, 0.717) is 0 Å². The number of carbonyl (C=O) groups excluding carboxylic acids is 1. The zero-order chi connectivity index (χ0) is 10.7. The van der Waals surface area contributed by atoms with Crippen LogP contribution in [0.1, 0.15) is 22.3 Å². The lowest BCUT2D eigenvalue weighted by Crippen LogP contribution is -2.03. The summed E-state index contributed by atoms with van der Waals surface area (Å²) in [5.41, 5.74) is -0.320. The van der Waals surface area contributed by atoms with Crippen LogP contribution in [0.3, 0.4) is 0 Å². The van der Waals surface area contributed by atoms with Crippen molar-refractivity contribution < 1.29 is 18.3 Å². The van der Waals surface area contributed by atoms with Gasteiger partial charge in [0.05, 0.1) is 18.2 Å². The third-order valence-electron chi connectivity index (χ3n) is 1.52. The van der Waals surface area contributed by atoms with Crippen molar-refractivity contribution in [1.29, 1.82) is 0 Å². The van der Waals surface area contributed by atoms with Gasteiger partial charge >= 0.3 is 5.97 Å². The first-order valence-corrected chi connectivity index (χ1v) is 4.37. The molecule has 0 bridgehead atoms. The van der Waals surface area contributed by atoms with Crippen LogP contribution >= 0.6 is 15.9 Å². The number of methoxy groups -OCH3 is 1. The molecule has 0 spiro atoms. The van der Waals surface area contributed by atoms with Gasteiger partial charge in [-0.3, -0.25) is 0 Å². The molecule has 0 amide bonds. The minimum atomic E-state index is -2.68. The lowest BCUT2D eigenvalue weighted by molar-refractivity contribution is 0.0599. The Balaban J connectivity index is 3.13. The third kappa shape index (κ3) is 2.25. The van der Waals surface area contributed by atoms with Gasteiger partial charge in [0.25, 0.3) is 6.43 Å². The molecule has 14 heavy (non-hydrogen) atoms. The number of esters is 1. The van der Waals surface area contributed by atoms with Gasteiger partial charge in [0, 0.05) is 6.20 Å². The number of ether oxygens (including phenoxy) is 1. The lowest BCUT2D eigenvalue weighted by Gasteiger charge is -2.04. The summed E-state index contributed by atoms with van der Waals surface area (Å²) in [4.78, 5) is 14.6. The number of hydrogen-bond acceptors (Lipinski definition) is 3. The summed E-state index contributed by atoms with van der Waals surface area (Å²) in [5, 5.41) is 0. The van der Waals surface area contributed by atoms with Crippen LogP contribution in [0.4, 0.5) is 8.78 Å². The minimum absolute atomic E-state index is 0.00556. The Bertz CT molecular complexity index is 357. The molecular formula is C8H6BrF2NO2. The molecule has 76 valence electrons. The molecule has 0 fully saturated rings. The first-order chi connectivity index (χ1) is 6.56. The van der Waals surface area contributed by atoms with E-state index in [1.54, 1.807) is 0 Å². The molecular weight excluding hydrogens is 260 g/mol. The molecule has 0 aliphatic carbocycles. The predicted octanol–water partition coefficient (Wildman–Crippen LogP) is 2.57. The van der Waals surface area contributed by atoms with Crippen LogP contribution in [-0.2, 0) is 4.74 Å². The predicted molar refractivity (Wildman–Crippen MR) is 48.2 cm³/mol. The summed E-state index contributed by atoms with van der Waals surface area (Å²) in [7, 11) is 1.17. The fraction of sp³-hybridized carbons (Fsp3) is 0.250. The monoisotopic (exact) mass is 265 g/mol. The number of hydrogen-bond donors (Lipinski definition) is 0. The van der Waals surface area contributed by atoms with Crippen molar-refractivity contribution in [3.05, 3.63) is 28.0 Å². The molecule has 0 aliphatic heterocycles. The van der Waals surface area contributed by atoms with Gasteiger partial charge in [0.1, 0.15) is 4.60 Å². The van der Waals surface area contributed by atoms with Crippen molar-refractivity contribution in [2.75, 3.05) is 7.11 Å². The SMILES string of the molecule is COC(=O)c1cnc(Br)c(C(F)F)c1. The Kier molecular flexibility index (Phi) is 3.51. The average Bonchev–Trinajstić information content (AvgIpc) is 2.17. The molecule has 1 heterocycles. The van der Waals surface area contributed by atoms with Crippen LogP contribution in [0.2, 0.25) is 0 Å². The Morgan fingerprint density at radius 2 is 2.29 bits per heavy atom. The van der Waals surface area contributed by atoms with E-state index < -0.39 is 12.4 Å². The van der Waals surface area contributed by atoms with Crippen molar-refractivity contribution in [1.82, 2.24) is 4.98 Å². The quantitative estimate of drug-likeness (QED) is 0.610. The van der Waals surface area contributed by atoms with E-state index in [2.05, 4.69) is 25.7 Å². The van der Waals surface area contributed by atoms with Crippen molar-refractivity contribution >= 4 is 21.9 Å². The van der Waals surface area contributed by atoms with Crippen molar-refractivity contribution in [3.63, 3.8) is 0 Å². The second-order valence-corrected chi connectivity index (χ2v) is 3.15. The van der Waals surface area contributed by atoms with Crippen molar-refractivity contribution in [2.45, 2.75) is 6.43 Å². The molecule has 0 aliphatic rings. The zero-order valence-electron chi connectivity index (χ0n) is 7.13. The van der Waals surface area contributed by atoms with Crippen LogP contribution in [0.15, 0.2) is 16.9 Å². The summed E-state index contributed by atoms with van der Waals surface area (Å²) in [5.74, 6) is -0.688. The van der Waals surface area contributed by atoms with Crippen LogP contribution in [0.25, 0.3) is 0 Å². The maximum atomic E-state index is 12.4. The number of nitrogens with zero attached hydrogens (tertiary/aromatic N) is 1. The number of rotatable bonds is 2. The second-order valence-electron chi connectivity index (χ2n) is 2.40. The van der Waals surface area contributed by atoms with Gasteiger partial charge in [0.2, 0.25) is 0 Å². The lowest BCUT2D eigenvalue weighted by atomic mass is 10.2. The van der Waals surface area contributed by atoms with Gasteiger partial charge in [-0.2, -0.15) is 0 Å². The molecule has 0 saturated carbocycles. The molecule has 6 heteroatoms. The standard InChI is InChI=1S/C8H6BrF2NO2/c1-14-8(13)4-2-5(7(10)11)6(9)12-3-4/h2-3,7H,1H3. The summed E-state index contributed by atoms with van der Waals surface area (Å²) in [6, 6.07) is 1.05. The fourth-order valence-electron chi connectivity index (χ4n) is 0.848. The van der Waals surface area contributed by atoms with E-state index in [4.69, 9.17) is 0 Å². The maximum Gasteiger partial charge on any atom is 0.339 e. The normalized spacial score (nSPS) is 10.4. The number of carbonyl (C=O) groups is 1. The average molecular weight is 266 g/mol. The first-order valence-electron chi connectivity index (χ1n) is 3.58. The molecule has 3 nitrogen and oxygen atoms in total. The smallest absolute Gasteiger partial charge is 0.339 e. The number of aromatic nitrogens is 1. The van der Waals surface area contributed by atoms with Crippen molar-refractivity contribution in [2.24, 2.45) is 0 Å². The van der Waals surface area contributed by atoms with E-state index >= 15 is 0 Å². The van der Waals surface area contributed by atoms with Crippen LogP contribution in [-0.4, -0.2) is 18.1 Å². The number of pyridine rings is 1. The Morgan fingerprint density at radius 3 is 2.79 bits per heavy atom. The summed E-state index contributed by atoms with van der Waals surface area (Å²) >= 11 is 2.86. The fourth-order valence-corrected chi connectivity index (χ4v) is 1.24. The largest absolute Gasteiger partial charge is 0.465 e. The molecule has 1 aromatic rings. The molecule has 0 aromatic carbocycles. The highest BCUT2D eigenvalue weighted by Crippen LogP contribution is 2.26. The third-order valence-corrected chi connectivity index (χ3v) is 2.18.